The van der Waals surface area contributed by atoms with E-state index in [0.717, 1.165) is 0 Å². The van der Waals surface area contributed by atoms with Crippen molar-refractivity contribution < 1.29 is 80.8 Å². The lowest BCUT2D eigenvalue weighted by Crippen LogP contribution is -2.50. The minimum Gasteiger partial charge on any atom is -0.481 e. The average molecular weight is 556 g/mol. The zero-order valence-electron chi connectivity index (χ0n) is 20.0. The summed E-state index contributed by atoms with van der Waals surface area (Å²) >= 11 is 0. The molecule has 0 unspecified atom stereocenters. The average Bonchev–Trinajstić information content (AvgIpc) is 2.87. The Kier molecular flexibility index (Phi) is 23.7. The Morgan fingerprint density at radius 2 is 0.622 bits per heavy atom. The number of hydrogen-bond donors (Lipinski definition) is 16. The Labute approximate surface area is 211 Å². The van der Waals surface area contributed by atoms with E-state index in [4.69, 9.17) is 83.6 Å². The number of carbonyl (C=O) groups is 3. The highest BCUT2D eigenvalue weighted by Crippen LogP contribution is 2.15. The third-order valence-electron chi connectivity index (χ3n) is 4.12. The van der Waals surface area contributed by atoms with E-state index in [-0.39, 0.29) is 0 Å². The summed E-state index contributed by atoms with van der Waals surface area (Å²) in [5.74, 6) is -5.02. The van der Waals surface area contributed by atoms with E-state index >= 15 is 0 Å². The standard InChI is InChI=1S/C6H8O7.3C4H11NO3/c7-3(8)1-6(13,5(11)12)2-4(9)10;3*5-4(1-6,2-7)3-8/h13H,1-2H2,(H,7,8)(H,9,10)(H,11,12);3*6-8H,1-3,5H2. The maximum atomic E-state index is 10.3. The molecular weight excluding hydrogens is 514 g/mol. The van der Waals surface area contributed by atoms with Crippen LogP contribution in [0.3, 0.4) is 0 Å². The number of carboxylic acids is 3. The SMILES string of the molecule is NC(CO)(CO)CO.NC(CO)(CO)CO.NC(CO)(CO)CO.O=C(O)CC(O)(CC(=O)O)C(=O)O. The Morgan fingerprint density at radius 3 is 0.676 bits per heavy atom. The van der Waals surface area contributed by atoms with Gasteiger partial charge in [-0.15, -0.1) is 0 Å². The van der Waals surface area contributed by atoms with Crippen molar-refractivity contribution in [1.82, 2.24) is 0 Å². The van der Waals surface area contributed by atoms with Gasteiger partial charge in [-0.25, -0.2) is 4.79 Å². The summed E-state index contributed by atoms with van der Waals surface area (Å²) < 4.78 is 0. The maximum absolute atomic E-state index is 10.3. The van der Waals surface area contributed by atoms with Gasteiger partial charge in [-0.2, -0.15) is 0 Å². The lowest BCUT2D eigenvalue weighted by molar-refractivity contribution is -0.170. The predicted molar refractivity (Wildman–Crippen MR) is 122 cm³/mol. The lowest BCUT2D eigenvalue weighted by atomic mass is 9.96. The van der Waals surface area contributed by atoms with Gasteiger partial charge in [-0.1, -0.05) is 0 Å². The number of nitrogens with two attached hydrogens (primary N) is 3. The van der Waals surface area contributed by atoms with Gasteiger partial charge in [-0.3, -0.25) is 9.59 Å². The molecule has 0 aliphatic carbocycles. The highest BCUT2D eigenvalue weighted by Gasteiger charge is 2.40. The summed E-state index contributed by atoms with van der Waals surface area (Å²) in [6.07, 6.45) is -2.29. The van der Waals surface area contributed by atoms with E-state index in [0.29, 0.717) is 0 Å². The van der Waals surface area contributed by atoms with Crippen LogP contribution in [0.2, 0.25) is 0 Å². The zero-order chi connectivity index (χ0) is 30.5. The zero-order valence-corrected chi connectivity index (χ0v) is 20.0. The van der Waals surface area contributed by atoms with E-state index < -0.39 is 112 Å². The Morgan fingerprint density at radius 1 is 0.459 bits per heavy atom. The Bertz CT molecular complexity index is 541. The van der Waals surface area contributed by atoms with Gasteiger partial charge in [-0.05, 0) is 0 Å². The van der Waals surface area contributed by atoms with Gasteiger partial charge >= 0.3 is 17.9 Å². The highest BCUT2D eigenvalue weighted by molar-refractivity contribution is 5.88. The molecule has 37 heavy (non-hydrogen) atoms. The third-order valence-corrected chi connectivity index (χ3v) is 4.12. The normalized spacial score (nSPS) is 11.6. The van der Waals surface area contributed by atoms with Crippen molar-refractivity contribution in [1.29, 1.82) is 0 Å². The van der Waals surface area contributed by atoms with Crippen molar-refractivity contribution in [2.45, 2.75) is 35.1 Å². The summed E-state index contributed by atoms with van der Waals surface area (Å²) in [4.78, 5) is 30.5. The van der Waals surface area contributed by atoms with Gasteiger partial charge in [0.1, 0.15) is 0 Å². The van der Waals surface area contributed by atoms with E-state index in [1.54, 1.807) is 0 Å². The largest absolute Gasteiger partial charge is 0.481 e. The van der Waals surface area contributed by atoms with Crippen LogP contribution in [0.1, 0.15) is 12.8 Å². The maximum Gasteiger partial charge on any atom is 0.336 e. The first-order chi connectivity index (χ1) is 16.8. The molecule has 0 rings (SSSR count). The fraction of sp³-hybridized carbons (Fsp3) is 0.833. The molecule has 0 heterocycles. The number of aliphatic hydroxyl groups is 10. The molecule has 19 heteroatoms. The van der Waals surface area contributed by atoms with Crippen LogP contribution in [0.25, 0.3) is 0 Å². The molecule has 0 saturated carbocycles. The summed E-state index contributed by atoms with van der Waals surface area (Å²) in [7, 11) is 0. The molecule has 0 spiro atoms. The van der Waals surface area contributed by atoms with Crippen LogP contribution >= 0.6 is 0 Å². The Hall–Kier alpha value is -2.11. The predicted octanol–water partition coefficient (Wildman–Crippen LogP) is -8.27. The summed E-state index contributed by atoms with van der Waals surface area (Å²) in [6, 6.07) is 0. The first-order valence-corrected chi connectivity index (χ1v) is 10.1. The third kappa shape index (κ3) is 20.6. The lowest BCUT2D eigenvalue weighted by Gasteiger charge is -2.20. The molecule has 19 nitrogen and oxygen atoms in total. The summed E-state index contributed by atoms with van der Waals surface area (Å²) in [5.41, 5.74) is 9.07. The quantitative estimate of drug-likeness (QED) is 0.0945. The molecule has 224 valence electrons. The van der Waals surface area contributed by atoms with E-state index in [9.17, 15) is 14.4 Å². The molecular formula is C18H41N3O16. The fourth-order valence-electron chi connectivity index (χ4n) is 1.16. The fourth-order valence-corrected chi connectivity index (χ4v) is 1.16. The number of aliphatic hydroxyl groups excluding tert-OH is 9. The molecule has 19 N–H and O–H groups in total. The molecule has 0 bridgehead atoms. The molecule has 0 fully saturated rings. The second kappa shape index (κ2) is 20.9. The van der Waals surface area contributed by atoms with Crippen molar-refractivity contribution in [3.05, 3.63) is 0 Å². The molecule has 0 aromatic rings. The first kappa shape index (κ1) is 42.0. The van der Waals surface area contributed by atoms with Crippen LogP contribution in [0, 0.1) is 0 Å². The monoisotopic (exact) mass is 555 g/mol. The van der Waals surface area contributed by atoms with E-state index in [1.165, 1.54) is 0 Å². The molecule has 0 aliphatic rings. The second-order valence-corrected chi connectivity index (χ2v) is 7.99. The van der Waals surface area contributed by atoms with Crippen molar-refractivity contribution in [2.75, 3.05) is 59.5 Å². The van der Waals surface area contributed by atoms with Crippen LogP contribution in [-0.4, -0.2) is 166 Å². The van der Waals surface area contributed by atoms with Gasteiger partial charge in [0.25, 0.3) is 0 Å². The Balaban J connectivity index is -0.000000202. The highest BCUT2D eigenvalue weighted by atomic mass is 16.4. The van der Waals surface area contributed by atoms with Crippen LogP contribution < -0.4 is 17.2 Å². The van der Waals surface area contributed by atoms with Gasteiger partial charge in [0, 0.05) is 0 Å². The molecule has 0 atom stereocenters. The van der Waals surface area contributed by atoms with Crippen LogP contribution in [0.4, 0.5) is 0 Å². The van der Waals surface area contributed by atoms with Crippen molar-refractivity contribution in [3.63, 3.8) is 0 Å². The molecule has 0 aliphatic heterocycles. The van der Waals surface area contributed by atoms with Gasteiger partial charge < -0.3 is 83.6 Å². The molecule has 0 radical (unpaired) electrons. The van der Waals surface area contributed by atoms with Crippen molar-refractivity contribution in [3.8, 4) is 0 Å². The van der Waals surface area contributed by atoms with Gasteiger partial charge in [0.2, 0.25) is 0 Å². The minimum atomic E-state index is -2.74. The molecule has 0 aromatic heterocycles. The molecule has 0 saturated heterocycles. The topological polar surface area (TPSA) is 392 Å². The van der Waals surface area contributed by atoms with E-state index in [2.05, 4.69) is 0 Å². The number of hydrogen-bond acceptors (Lipinski definition) is 16. The number of rotatable bonds is 14. The minimum absolute atomic E-state index is 0.403. The second-order valence-electron chi connectivity index (χ2n) is 7.99. The number of aliphatic carboxylic acids is 3. The number of carboxylic acid groups (broad SMARTS) is 3. The van der Waals surface area contributed by atoms with Crippen molar-refractivity contribution >= 4 is 17.9 Å². The van der Waals surface area contributed by atoms with Gasteiger partial charge in [0.05, 0.1) is 88.9 Å². The first-order valence-electron chi connectivity index (χ1n) is 10.1. The summed E-state index contributed by atoms with van der Waals surface area (Å²) in [5, 5.41) is 109. The van der Waals surface area contributed by atoms with Crippen molar-refractivity contribution in [2.24, 2.45) is 17.2 Å². The van der Waals surface area contributed by atoms with Crippen LogP contribution in [-0.2, 0) is 14.4 Å². The smallest absolute Gasteiger partial charge is 0.336 e. The summed E-state index contributed by atoms with van der Waals surface area (Å²) in [6.45, 7) is -3.62. The van der Waals surface area contributed by atoms with Crippen LogP contribution in [0.5, 0.6) is 0 Å². The van der Waals surface area contributed by atoms with E-state index in [1.807, 2.05) is 0 Å². The molecule has 0 amide bonds. The molecule has 0 aromatic carbocycles. The van der Waals surface area contributed by atoms with Crippen LogP contribution in [0.15, 0.2) is 0 Å². The van der Waals surface area contributed by atoms with Gasteiger partial charge in [0.15, 0.2) is 5.60 Å².